The van der Waals surface area contributed by atoms with Gasteiger partial charge in [0.2, 0.25) is 5.91 Å². The minimum absolute atomic E-state index is 0.00247. The Hall–Kier alpha value is -3.22. The lowest BCUT2D eigenvalue weighted by atomic mass is 10.1. The van der Waals surface area contributed by atoms with E-state index < -0.39 is 0 Å². The molecule has 7 heteroatoms. The lowest BCUT2D eigenvalue weighted by Gasteiger charge is -2.15. The standard InChI is InChI=1S/C20H24N6O/c1-14-12-21-19(22-20(14)25(4)5)16-8-6-7-15(11-16)17-9-10-26(23-17)13-18(27)24(2)3/h6-12H,13H2,1-5H3. The van der Waals surface area contributed by atoms with Crippen LogP contribution in [0.2, 0.25) is 0 Å². The van der Waals surface area contributed by atoms with Crippen molar-refractivity contribution in [1.29, 1.82) is 0 Å². The molecule has 0 atom stereocenters. The second-order valence-corrected chi connectivity index (χ2v) is 6.86. The summed E-state index contributed by atoms with van der Waals surface area (Å²) >= 11 is 0. The molecule has 27 heavy (non-hydrogen) atoms. The van der Waals surface area contributed by atoms with Crippen LogP contribution in [0.5, 0.6) is 0 Å². The zero-order valence-corrected chi connectivity index (χ0v) is 16.3. The van der Waals surface area contributed by atoms with Gasteiger partial charge in [-0.05, 0) is 19.1 Å². The first-order valence-corrected chi connectivity index (χ1v) is 8.70. The van der Waals surface area contributed by atoms with E-state index in [1.54, 1.807) is 23.7 Å². The van der Waals surface area contributed by atoms with Gasteiger partial charge in [0.05, 0.1) is 5.69 Å². The maximum absolute atomic E-state index is 11.9. The fourth-order valence-corrected chi connectivity index (χ4v) is 2.73. The summed E-state index contributed by atoms with van der Waals surface area (Å²) in [5.41, 5.74) is 3.72. The number of aromatic nitrogens is 4. The quantitative estimate of drug-likeness (QED) is 0.696. The molecule has 2 heterocycles. The SMILES string of the molecule is Cc1cnc(-c2cccc(-c3ccn(CC(=O)N(C)C)n3)c2)nc1N(C)C. The summed E-state index contributed by atoms with van der Waals surface area (Å²) in [5.74, 6) is 1.58. The largest absolute Gasteiger partial charge is 0.362 e. The molecular formula is C20H24N6O. The Morgan fingerprint density at radius 1 is 1.11 bits per heavy atom. The minimum Gasteiger partial charge on any atom is -0.362 e. The molecule has 2 aromatic heterocycles. The lowest BCUT2D eigenvalue weighted by Crippen LogP contribution is -2.26. The zero-order chi connectivity index (χ0) is 19.6. The number of likely N-dealkylation sites (N-methyl/N-ethyl adjacent to an activating group) is 1. The van der Waals surface area contributed by atoms with Gasteiger partial charge in [-0.25, -0.2) is 9.97 Å². The smallest absolute Gasteiger partial charge is 0.243 e. The van der Waals surface area contributed by atoms with Crippen molar-refractivity contribution in [3.8, 4) is 22.6 Å². The van der Waals surface area contributed by atoms with Crippen LogP contribution in [0.1, 0.15) is 5.56 Å². The van der Waals surface area contributed by atoms with Gasteiger partial charge in [-0.1, -0.05) is 18.2 Å². The normalized spacial score (nSPS) is 10.7. The van der Waals surface area contributed by atoms with Crippen LogP contribution in [-0.2, 0) is 11.3 Å². The molecule has 7 nitrogen and oxygen atoms in total. The van der Waals surface area contributed by atoms with Gasteiger partial charge in [-0.3, -0.25) is 9.48 Å². The molecule has 0 saturated carbocycles. The minimum atomic E-state index is 0.00247. The number of aryl methyl sites for hydroxylation is 1. The van der Waals surface area contributed by atoms with Crippen LogP contribution in [0.25, 0.3) is 22.6 Å². The first-order valence-electron chi connectivity index (χ1n) is 8.70. The monoisotopic (exact) mass is 364 g/mol. The number of nitrogens with zero attached hydrogens (tertiary/aromatic N) is 6. The Labute approximate surface area is 159 Å². The molecule has 0 fully saturated rings. The van der Waals surface area contributed by atoms with Crippen molar-refractivity contribution in [1.82, 2.24) is 24.6 Å². The third kappa shape index (κ3) is 4.13. The molecule has 140 valence electrons. The van der Waals surface area contributed by atoms with Gasteiger partial charge >= 0.3 is 0 Å². The topological polar surface area (TPSA) is 67.2 Å². The summed E-state index contributed by atoms with van der Waals surface area (Å²) in [4.78, 5) is 24.5. The van der Waals surface area contributed by atoms with Crippen LogP contribution in [0.4, 0.5) is 5.82 Å². The summed E-state index contributed by atoms with van der Waals surface area (Å²) in [5, 5.41) is 4.52. The Kier molecular flexibility index (Phi) is 5.21. The predicted octanol–water partition coefficient (Wildman–Crippen LogP) is 2.47. The van der Waals surface area contributed by atoms with Gasteiger partial charge in [-0.2, -0.15) is 5.10 Å². The summed E-state index contributed by atoms with van der Waals surface area (Å²) in [7, 11) is 7.41. The molecule has 0 radical (unpaired) electrons. The number of hydrogen-bond donors (Lipinski definition) is 0. The molecule has 0 aliphatic carbocycles. The number of carbonyl (C=O) groups is 1. The fraction of sp³-hybridized carbons (Fsp3) is 0.300. The molecule has 1 amide bonds. The molecular weight excluding hydrogens is 340 g/mol. The highest BCUT2D eigenvalue weighted by molar-refractivity contribution is 5.75. The number of amides is 1. The van der Waals surface area contributed by atoms with E-state index in [1.807, 2.05) is 68.6 Å². The number of benzene rings is 1. The van der Waals surface area contributed by atoms with Crippen molar-refractivity contribution in [2.45, 2.75) is 13.5 Å². The van der Waals surface area contributed by atoms with Crippen LogP contribution >= 0.6 is 0 Å². The van der Waals surface area contributed by atoms with Gasteiger partial charge in [0.15, 0.2) is 5.82 Å². The van der Waals surface area contributed by atoms with Gasteiger partial charge in [0.1, 0.15) is 12.4 Å². The van der Waals surface area contributed by atoms with Gasteiger partial charge in [0, 0.05) is 57.3 Å². The van der Waals surface area contributed by atoms with Crippen molar-refractivity contribution in [3.05, 3.63) is 48.3 Å². The van der Waals surface area contributed by atoms with Crippen LogP contribution < -0.4 is 4.90 Å². The van der Waals surface area contributed by atoms with E-state index in [1.165, 1.54) is 0 Å². The van der Waals surface area contributed by atoms with E-state index in [-0.39, 0.29) is 12.5 Å². The number of carbonyl (C=O) groups excluding carboxylic acids is 1. The molecule has 0 spiro atoms. The Balaban J connectivity index is 1.90. The Bertz CT molecular complexity index is 961. The van der Waals surface area contributed by atoms with E-state index in [4.69, 9.17) is 0 Å². The van der Waals surface area contributed by atoms with Crippen molar-refractivity contribution in [2.75, 3.05) is 33.1 Å². The van der Waals surface area contributed by atoms with E-state index in [9.17, 15) is 4.79 Å². The molecule has 0 unspecified atom stereocenters. The number of rotatable bonds is 5. The first kappa shape index (κ1) is 18.6. The highest BCUT2D eigenvalue weighted by Crippen LogP contribution is 2.25. The highest BCUT2D eigenvalue weighted by atomic mass is 16.2. The molecule has 0 aliphatic heterocycles. The highest BCUT2D eigenvalue weighted by Gasteiger charge is 2.11. The van der Waals surface area contributed by atoms with Crippen LogP contribution in [0.3, 0.4) is 0 Å². The number of anilines is 1. The molecule has 0 bridgehead atoms. The summed E-state index contributed by atoms with van der Waals surface area (Å²) in [6.45, 7) is 2.22. The van der Waals surface area contributed by atoms with Crippen molar-refractivity contribution in [2.24, 2.45) is 0 Å². The van der Waals surface area contributed by atoms with Crippen LogP contribution in [0.15, 0.2) is 42.7 Å². The zero-order valence-electron chi connectivity index (χ0n) is 16.3. The third-order valence-corrected chi connectivity index (χ3v) is 4.22. The Morgan fingerprint density at radius 2 is 1.85 bits per heavy atom. The first-order chi connectivity index (χ1) is 12.8. The maximum atomic E-state index is 11.9. The molecule has 3 rings (SSSR count). The summed E-state index contributed by atoms with van der Waals surface area (Å²) in [6, 6.07) is 9.87. The van der Waals surface area contributed by atoms with Gasteiger partial charge in [-0.15, -0.1) is 0 Å². The summed E-state index contributed by atoms with van der Waals surface area (Å²) < 4.78 is 1.65. The van der Waals surface area contributed by atoms with Gasteiger partial charge in [0.25, 0.3) is 0 Å². The van der Waals surface area contributed by atoms with E-state index in [2.05, 4.69) is 15.1 Å². The third-order valence-electron chi connectivity index (χ3n) is 4.22. The number of hydrogen-bond acceptors (Lipinski definition) is 5. The van der Waals surface area contributed by atoms with Gasteiger partial charge < -0.3 is 9.80 Å². The lowest BCUT2D eigenvalue weighted by molar-refractivity contribution is -0.129. The second-order valence-electron chi connectivity index (χ2n) is 6.86. The van der Waals surface area contributed by atoms with E-state index in [0.29, 0.717) is 5.82 Å². The average Bonchev–Trinajstić information content (AvgIpc) is 3.10. The Morgan fingerprint density at radius 3 is 2.56 bits per heavy atom. The molecule has 0 saturated heterocycles. The average molecular weight is 364 g/mol. The van der Waals surface area contributed by atoms with E-state index in [0.717, 1.165) is 28.2 Å². The van der Waals surface area contributed by atoms with Crippen molar-refractivity contribution >= 4 is 11.7 Å². The molecule has 0 aliphatic rings. The van der Waals surface area contributed by atoms with Crippen molar-refractivity contribution in [3.63, 3.8) is 0 Å². The maximum Gasteiger partial charge on any atom is 0.243 e. The van der Waals surface area contributed by atoms with Crippen LogP contribution in [0, 0.1) is 6.92 Å². The summed E-state index contributed by atoms with van der Waals surface area (Å²) in [6.07, 6.45) is 3.65. The second kappa shape index (κ2) is 7.57. The molecule has 1 aromatic carbocycles. The molecule has 3 aromatic rings. The fourth-order valence-electron chi connectivity index (χ4n) is 2.73. The van der Waals surface area contributed by atoms with Crippen molar-refractivity contribution < 1.29 is 4.79 Å². The molecule has 0 N–H and O–H groups in total. The van der Waals surface area contributed by atoms with E-state index >= 15 is 0 Å². The predicted molar refractivity (Wildman–Crippen MR) is 106 cm³/mol. The van der Waals surface area contributed by atoms with Crippen LogP contribution in [-0.4, -0.2) is 58.7 Å².